The van der Waals surface area contributed by atoms with E-state index in [2.05, 4.69) is 71.5 Å². The minimum Gasteiger partial charge on any atom is -0.379 e. The maximum atomic E-state index is 13.8. The smallest absolute Gasteiger partial charge is 0.251 e. The lowest BCUT2D eigenvalue weighted by molar-refractivity contribution is -0.129. The maximum Gasteiger partial charge on any atom is 0.251 e. The Hall–Kier alpha value is -2.90. The van der Waals surface area contributed by atoms with Crippen molar-refractivity contribution in [2.24, 2.45) is 11.8 Å². The van der Waals surface area contributed by atoms with Crippen LogP contribution in [0.1, 0.15) is 74.4 Å². The van der Waals surface area contributed by atoms with Crippen LogP contribution < -0.4 is 15.5 Å². The van der Waals surface area contributed by atoms with Crippen LogP contribution in [0.25, 0.3) is 11.1 Å². The van der Waals surface area contributed by atoms with E-state index in [1.54, 1.807) is 0 Å². The summed E-state index contributed by atoms with van der Waals surface area (Å²) in [6, 6.07) is 13.8. The lowest BCUT2D eigenvalue weighted by Gasteiger charge is -2.33. The number of anilines is 1. The molecule has 2 aliphatic heterocycles. The third kappa shape index (κ3) is 6.95. The normalized spacial score (nSPS) is 23.8. The van der Waals surface area contributed by atoms with Crippen LogP contribution in [0.5, 0.6) is 0 Å². The molecule has 7 nitrogen and oxygen atoms in total. The Bertz CT molecular complexity index is 1200. The number of nitrogens with one attached hydrogen (secondary N) is 2. The number of hydrogen-bond acceptors (Lipinski definition) is 5. The highest BCUT2D eigenvalue weighted by atomic mass is 16.5. The van der Waals surface area contributed by atoms with Crippen molar-refractivity contribution in [1.82, 2.24) is 15.5 Å². The number of piperidine rings is 1. The number of benzene rings is 2. The fraction of sp³-hybridized carbons (Fsp3) is 0.588. The van der Waals surface area contributed by atoms with Gasteiger partial charge in [0.1, 0.15) is 0 Å². The van der Waals surface area contributed by atoms with E-state index in [1.807, 2.05) is 13.0 Å². The van der Waals surface area contributed by atoms with Crippen molar-refractivity contribution < 1.29 is 14.3 Å². The predicted octanol–water partition coefficient (Wildman–Crippen LogP) is 5.15. The Morgan fingerprint density at radius 1 is 1.07 bits per heavy atom. The molecular weight excluding hydrogens is 512 g/mol. The fourth-order valence-electron chi connectivity index (χ4n) is 7.04. The third-order valence-electron chi connectivity index (χ3n) is 9.46. The van der Waals surface area contributed by atoms with Gasteiger partial charge in [0.25, 0.3) is 5.91 Å². The number of hydrogen-bond donors (Lipinski definition) is 2. The van der Waals surface area contributed by atoms with Crippen molar-refractivity contribution in [3.63, 3.8) is 0 Å². The van der Waals surface area contributed by atoms with Gasteiger partial charge in [-0.05, 0) is 80.3 Å². The van der Waals surface area contributed by atoms with Crippen molar-refractivity contribution in [2.45, 2.75) is 78.4 Å². The Labute approximate surface area is 246 Å². The van der Waals surface area contributed by atoms with E-state index >= 15 is 0 Å². The van der Waals surface area contributed by atoms with Gasteiger partial charge in [0, 0.05) is 56.1 Å². The van der Waals surface area contributed by atoms with Gasteiger partial charge in [0.15, 0.2) is 0 Å². The Kier molecular flexibility index (Phi) is 9.66. The minimum atomic E-state index is -0.206. The molecule has 0 aromatic heterocycles. The zero-order chi connectivity index (χ0) is 28.9. The molecule has 41 heavy (non-hydrogen) atoms. The number of ether oxygens (including phenoxy) is 1. The lowest BCUT2D eigenvalue weighted by Crippen LogP contribution is -2.50. The molecule has 2 amide bonds. The van der Waals surface area contributed by atoms with Gasteiger partial charge < -0.3 is 20.3 Å². The topological polar surface area (TPSA) is 73.9 Å². The fourth-order valence-corrected chi connectivity index (χ4v) is 7.04. The molecule has 2 N–H and O–H groups in total. The second-order valence-corrected chi connectivity index (χ2v) is 12.4. The molecule has 2 aromatic carbocycles. The van der Waals surface area contributed by atoms with E-state index in [1.165, 1.54) is 31.2 Å². The molecule has 7 heteroatoms. The first-order valence-electron chi connectivity index (χ1n) is 15.7. The van der Waals surface area contributed by atoms with Crippen molar-refractivity contribution in [1.29, 1.82) is 0 Å². The summed E-state index contributed by atoms with van der Waals surface area (Å²) in [6.45, 7) is 14.2. The van der Waals surface area contributed by atoms with Gasteiger partial charge in [-0.2, -0.15) is 0 Å². The average Bonchev–Trinajstić information content (AvgIpc) is 3.49. The number of nitrogens with zero attached hydrogens (tertiary/aromatic N) is 2. The molecule has 2 heterocycles. The van der Waals surface area contributed by atoms with Crippen LogP contribution in [0, 0.1) is 18.8 Å². The summed E-state index contributed by atoms with van der Waals surface area (Å²) in [5.41, 5.74) is 6.32. The monoisotopic (exact) mass is 560 g/mol. The first-order chi connectivity index (χ1) is 19.8. The molecular formula is C34H48N4O3. The summed E-state index contributed by atoms with van der Waals surface area (Å²) in [5.74, 6) is -0.0346. The maximum absolute atomic E-state index is 13.8. The van der Waals surface area contributed by atoms with E-state index in [9.17, 15) is 9.59 Å². The van der Waals surface area contributed by atoms with Crippen LogP contribution in [0.3, 0.4) is 0 Å². The molecule has 3 atom stereocenters. The van der Waals surface area contributed by atoms with Gasteiger partial charge in [-0.15, -0.1) is 0 Å². The molecule has 3 fully saturated rings. The van der Waals surface area contributed by atoms with E-state index in [-0.39, 0.29) is 29.7 Å². The van der Waals surface area contributed by atoms with Gasteiger partial charge in [0.05, 0.1) is 19.1 Å². The zero-order valence-corrected chi connectivity index (χ0v) is 25.4. The predicted molar refractivity (Wildman–Crippen MR) is 165 cm³/mol. The average molecular weight is 561 g/mol. The molecule has 222 valence electrons. The molecule has 0 spiro atoms. The van der Waals surface area contributed by atoms with Crippen LogP contribution in [0.4, 0.5) is 5.69 Å². The minimum absolute atomic E-state index is 0.0401. The first-order valence-corrected chi connectivity index (χ1v) is 15.7. The molecule has 0 bridgehead atoms. The number of carbonyl (C=O) groups excluding carboxylic acids is 2. The van der Waals surface area contributed by atoms with Gasteiger partial charge in [0.2, 0.25) is 5.91 Å². The number of carbonyl (C=O) groups is 2. The largest absolute Gasteiger partial charge is 0.379 e. The molecule has 3 aliphatic rings. The highest BCUT2D eigenvalue weighted by molar-refractivity contribution is 5.99. The van der Waals surface area contributed by atoms with Crippen LogP contribution in [-0.4, -0.2) is 68.2 Å². The van der Waals surface area contributed by atoms with Crippen molar-refractivity contribution in [3.8, 4) is 11.1 Å². The molecule has 2 aromatic rings. The lowest BCUT2D eigenvalue weighted by atomic mass is 9.84. The van der Waals surface area contributed by atoms with Crippen molar-refractivity contribution in [2.75, 3.05) is 44.3 Å². The number of rotatable bonds is 9. The summed E-state index contributed by atoms with van der Waals surface area (Å²) in [7, 11) is 0. The molecule has 5 rings (SSSR count). The van der Waals surface area contributed by atoms with Gasteiger partial charge in [-0.3, -0.25) is 14.5 Å². The van der Waals surface area contributed by atoms with Crippen LogP contribution in [-0.2, 0) is 16.1 Å². The van der Waals surface area contributed by atoms with Crippen molar-refractivity contribution >= 4 is 17.5 Å². The van der Waals surface area contributed by atoms with Gasteiger partial charge in [-0.25, -0.2) is 0 Å². The van der Waals surface area contributed by atoms with Crippen LogP contribution >= 0.6 is 0 Å². The molecule has 1 saturated carbocycles. The van der Waals surface area contributed by atoms with Gasteiger partial charge in [-0.1, -0.05) is 44.0 Å². The molecule has 1 aliphatic carbocycles. The zero-order valence-electron chi connectivity index (χ0n) is 25.4. The van der Waals surface area contributed by atoms with Crippen LogP contribution in [0.15, 0.2) is 36.4 Å². The summed E-state index contributed by atoms with van der Waals surface area (Å²) in [6.07, 6.45) is 5.85. The quantitative estimate of drug-likeness (QED) is 0.444. The van der Waals surface area contributed by atoms with E-state index in [0.717, 1.165) is 68.2 Å². The van der Waals surface area contributed by atoms with Crippen molar-refractivity contribution in [3.05, 3.63) is 53.1 Å². The highest BCUT2D eigenvalue weighted by Gasteiger charge is 2.33. The molecule has 2 saturated heterocycles. The van der Waals surface area contributed by atoms with E-state index in [4.69, 9.17) is 4.74 Å². The van der Waals surface area contributed by atoms with Gasteiger partial charge >= 0.3 is 0 Å². The second-order valence-electron chi connectivity index (χ2n) is 12.4. The Morgan fingerprint density at radius 2 is 1.78 bits per heavy atom. The Balaban J connectivity index is 1.42. The molecule has 3 unspecified atom stereocenters. The highest BCUT2D eigenvalue weighted by Crippen LogP contribution is 2.36. The standard InChI is InChI=1S/C34H48N4O3/c1-5-38(29-8-6-7-9-29)32-20-28(27-12-10-26(11-13-27)22-37-14-16-41-17-15-37)19-30(25(32)4)33(39)35-21-31-23(2)18-24(3)36-34(31)40/h10-13,19-20,23-24,29,31H,5-9,14-18,21-22H2,1-4H3,(H,35,39)(H,36,40). The second kappa shape index (κ2) is 13.4. The van der Waals surface area contributed by atoms with E-state index in [0.29, 0.717) is 18.2 Å². The van der Waals surface area contributed by atoms with Crippen LogP contribution in [0.2, 0.25) is 0 Å². The summed E-state index contributed by atoms with van der Waals surface area (Å²) in [4.78, 5) is 31.4. The molecule has 0 radical (unpaired) electrons. The summed E-state index contributed by atoms with van der Waals surface area (Å²) in [5, 5.41) is 6.19. The summed E-state index contributed by atoms with van der Waals surface area (Å²) >= 11 is 0. The SMILES string of the molecule is CCN(c1cc(-c2ccc(CN3CCOCC3)cc2)cc(C(=O)NCC2C(=O)NC(C)CC2C)c1C)C1CCCC1. The third-order valence-corrected chi connectivity index (χ3v) is 9.46. The summed E-state index contributed by atoms with van der Waals surface area (Å²) < 4.78 is 5.50. The Morgan fingerprint density at radius 3 is 2.44 bits per heavy atom. The number of amides is 2. The van der Waals surface area contributed by atoms with E-state index < -0.39 is 0 Å². The number of morpholine rings is 1. The first kappa shape index (κ1) is 29.6.